The largest absolute Gasteiger partial charge is 0.465 e. The average molecular weight is 294 g/mol. The number of hydrogen-bond acceptors (Lipinski definition) is 4. The Balaban J connectivity index is 1.73. The Bertz CT molecular complexity index is 377. The first-order chi connectivity index (χ1) is 10.1. The molecule has 2 saturated carbocycles. The minimum Gasteiger partial charge on any atom is -0.465 e. The molecule has 0 radical (unpaired) electrons. The molecule has 3 fully saturated rings. The molecule has 4 heteroatoms. The molecule has 120 valence electrons. The fourth-order valence-electron chi connectivity index (χ4n) is 4.27. The Kier molecular flexibility index (Phi) is 4.55. The Hall–Kier alpha value is -0.610. The second-order valence-corrected chi connectivity index (χ2v) is 7.24. The summed E-state index contributed by atoms with van der Waals surface area (Å²) in [5.74, 6) is -0.0226. The zero-order chi connectivity index (χ0) is 14.9. The van der Waals surface area contributed by atoms with E-state index in [0.717, 1.165) is 13.0 Å². The lowest BCUT2D eigenvalue weighted by molar-refractivity contribution is -0.151. The van der Waals surface area contributed by atoms with Gasteiger partial charge in [-0.2, -0.15) is 0 Å². The Morgan fingerprint density at radius 3 is 2.57 bits per heavy atom. The molecule has 0 spiro atoms. The fraction of sp³-hybridized carbons (Fsp3) is 0.941. The van der Waals surface area contributed by atoms with E-state index in [-0.39, 0.29) is 5.97 Å². The molecule has 2 aliphatic carbocycles. The van der Waals surface area contributed by atoms with Crippen molar-refractivity contribution in [3.8, 4) is 0 Å². The van der Waals surface area contributed by atoms with Crippen LogP contribution in [-0.4, -0.2) is 47.7 Å². The smallest absolute Gasteiger partial charge is 0.327 e. The third-order valence-electron chi connectivity index (χ3n) is 5.43. The Morgan fingerprint density at radius 1 is 1.24 bits per heavy atom. The molecule has 1 N–H and O–H groups in total. The quantitative estimate of drug-likeness (QED) is 0.791. The average Bonchev–Trinajstić information content (AvgIpc) is 3.25. The van der Waals surface area contributed by atoms with Gasteiger partial charge in [-0.1, -0.05) is 19.3 Å². The number of likely N-dealkylation sites (tertiary alicyclic amines) is 1. The lowest BCUT2D eigenvalue weighted by atomic mass is 9.89. The van der Waals surface area contributed by atoms with Crippen molar-refractivity contribution in [2.75, 3.05) is 13.2 Å². The molecule has 0 aromatic carbocycles. The van der Waals surface area contributed by atoms with Gasteiger partial charge in [0, 0.05) is 24.7 Å². The lowest BCUT2D eigenvalue weighted by Gasteiger charge is -2.34. The summed E-state index contributed by atoms with van der Waals surface area (Å²) in [7, 11) is 0. The van der Waals surface area contributed by atoms with Crippen molar-refractivity contribution in [1.29, 1.82) is 0 Å². The van der Waals surface area contributed by atoms with Crippen LogP contribution >= 0.6 is 0 Å². The molecule has 3 rings (SSSR count). The summed E-state index contributed by atoms with van der Waals surface area (Å²) in [6, 6.07) is 1.69. The van der Waals surface area contributed by atoms with Crippen molar-refractivity contribution >= 4 is 5.97 Å². The lowest BCUT2D eigenvalue weighted by Crippen LogP contribution is -2.58. The maximum absolute atomic E-state index is 12.7. The molecule has 1 saturated heterocycles. The number of nitrogens with one attached hydrogen (secondary N) is 1. The summed E-state index contributed by atoms with van der Waals surface area (Å²) in [5, 5.41) is 3.74. The first-order valence-electron chi connectivity index (χ1n) is 8.85. The maximum atomic E-state index is 12.7. The van der Waals surface area contributed by atoms with Crippen molar-refractivity contribution in [1.82, 2.24) is 10.2 Å². The molecule has 4 nitrogen and oxygen atoms in total. The number of esters is 1. The van der Waals surface area contributed by atoms with Crippen LogP contribution in [0.15, 0.2) is 0 Å². The van der Waals surface area contributed by atoms with Crippen molar-refractivity contribution in [2.24, 2.45) is 0 Å². The molecule has 1 heterocycles. The molecule has 2 unspecified atom stereocenters. The number of carbonyl (C=O) groups is 1. The second kappa shape index (κ2) is 6.25. The van der Waals surface area contributed by atoms with E-state index in [1.807, 2.05) is 6.92 Å². The molecule has 1 aliphatic heterocycles. The van der Waals surface area contributed by atoms with Gasteiger partial charge < -0.3 is 4.74 Å². The van der Waals surface area contributed by atoms with E-state index in [9.17, 15) is 4.79 Å². The van der Waals surface area contributed by atoms with Crippen LogP contribution in [0.5, 0.6) is 0 Å². The van der Waals surface area contributed by atoms with Crippen molar-refractivity contribution in [3.63, 3.8) is 0 Å². The molecular weight excluding hydrogens is 264 g/mol. The number of carbonyl (C=O) groups excluding carboxylic acids is 1. The number of ether oxygens (including phenoxy) is 1. The van der Waals surface area contributed by atoms with Gasteiger partial charge in [-0.15, -0.1) is 0 Å². The number of hydrogen-bond donors (Lipinski definition) is 1. The van der Waals surface area contributed by atoms with Gasteiger partial charge in [-0.3, -0.25) is 10.2 Å². The first-order valence-corrected chi connectivity index (χ1v) is 8.85. The monoisotopic (exact) mass is 294 g/mol. The Labute approximate surface area is 128 Å². The molecule has 0 bridgehead atoms. The molecule has 0 aromatic heterocycles. The summed E-state index contributed by atoms with van der Waals surface area (Å²) >= 11 is 0. The van der Waals surface area contributed by atoms with Crippen molar-refractivity contribution in [3.05, 3.63) is 0 Å². The minimum absolute atomic E-state index is 0.0226. The summed E-state index contributed by atoms with van der Waals surface area (Å²) < 4.78 is 5.44. The van der Waals surface area contributed by atoms with Gasteiger partial charge in [0.05, 0.1) is 6.61 Å². The van der Waals surface area contributed by atoms with Gasteiger partial charge in [-0.25, -0.2) is 4.79 Å². The topological polar surface area (TPSA) is 41.6 Å². The van der Waals surface area contributed by atoms with E-state index >= 15 is 0 Å². The van der Waals surface area contributed by atoms with Crippen LogP contribution in [-0.2, 0) is 9.53 Å². The van der Waals surface area contributed by atoms with Crippen LogP contribution in [0.3, 0.4) is 0 Å². The minimum atomic E-state index is -0.458. The zero-order valence-electron chi connectivity index (χ0n) is 13.6. The first kappa shape index (κ1) is 15.3. The predicted molar refractivity (Wildman–Crippen MR) is 83.2 cm³/mol. The van der Waals surface area contributed by atoms with Gasteiger partial charge in [0.2, 0.25) is 0 Å². The van der Waals surface area contributed by atoms with Gasteiger partial charge in [0.1, 0.15) is 5.54 Å². The van der Waals surface area contributed by atoms with Crippen LogP contribution < -0.4 is 5.32 Å². The highest BCUT2D eigenvalue weighted by molar-refractivity contribution is 5.82. The molecular formula is C17H30N2O2. The maximum Gasteiger partial charge on any atom is 0.327 e. The van der Waals surface area contributed by atoms with E-state index in [0.29, 0.717) is 24.7 Å². The molecule has 21 heavy (non-hydrogen) atoms. The predicted octanol–water partition coefficient (Wildman–Crippen LogP) is 2.47. The molecule has 3 aliphatic rings. The third kappa shape index (κ3) is 3.26. The Morgan fingerprint density at radius 2 is 1.95 bits per heavy atom. The summed E-state index contributed by atoms with van der Waals surface area (Å²) in [4.78, 5) is 15.2. The summed E-state index contributed by atoms with van der Waals surface area (Å²) in [6.07, 6.45) is 9.84. The van der Waals surface area contributed by atoms with E-state index in [1.54, 1.807) is 0 Å². The standard InChI is InChI=1S/C17H30N2O2/c1-3-21-16(20)17(18-14-7-5-4-6-8-14)11-13(2)19(12-17)15-9-10-15/h13-15,18H,3-12H2,1-2H3. The number of nitrogens with zero attached hydrogens (tertiary/aromatic N) is 1. The van der Waals surface area contributed by atoms with Gasteiger partial charge in [0.25, 0.3) is 0 Å². The highest BCUT2D eigenvalue weighted by Gasteiger charge is 2.52. The highest BCUT2D eigenvalue weighted by Crippen LogP contribution is 2.38. The molecule has 2 atom stereocenters. The van der Waals surface area contributed by atoms with Crippen LogP contribution in [0.25, 0.3) is 0 Å². The van der Waals surface area contributed by atoms with E-state index < -0.39 is 5.54 Å². The zero-order valence-corrected chi connectivity index (χ0v) is 13.6. The second-order valence-electron chi connectivity index (χ2n) is 7.24. The van der Waals surface area contributed by atoms with Gasteiger partial charge in [0.15, 0.2) is 0 Å². The summed E-state index contributed by atoms with van der Waals surface area (Å²) in [6.45, 7) is 5.49. The number of rotatable bonds is 5. The fourth-order valence-corrected chi connectivity index (χ4v) is 4.27. The highest BCUT2D eigenvalue weighted by atomic mass is 16.5. The van der Waals surface area contributed by atoms with E-state index in [1.165, 1.54) is 44.9 Å². The summed E-state index contributed by atoms with van der Waals surface area (Å²) in [5.41, 5.74) is -0.458. The van der Waals surface area contributed by atoms with Crippen LogP contribution in [0.2, 0.25) is 0 Å². The van der Waals surface area contributed by atoms with Crippen LogP contribution in [0.4, 0.5) is 0 Å². The SMILES string of the molecule is CCOC(=O)C1(NC2CCCCC2)CC(C)N(C2CC2)C1. The van der Waals surface area contributed by atoms with E-state index in [4.69, 9.17) is 4.74 Å². The van der Waals surface area contributed by atoms with Crippen molar-refractivity contribution in [2.45, 2.75) is 88.9 Å². The van der Waals surface area contributed by atoms with Crippen LogP contribution in [0.1, 0.15) is 65.2 Å². The molecule has 0 amide bonds. The van der Waals surface area contributed by atoms with E-state index in [2.05, 4.69) is 17.1 Å². The normalized spacial score (nSPS) is 35.0. The van der Waals surface area contributed by atoms with Gasteiger partial charge >= 0.3 is 5.97 Å². The van der Waals surface area contributed by atoms with Crippen LogP contribution in [0, 0.1) is 0 Å². The van der Waals surface area contributed by atoms with Gasteiger partial charge in [-0.05, 0) is 46.0 Å². The van der Waals surface area contributed by atoms with Crippen molar-refractivity contribution < 1.29 is 9.53 Å². The third-order valence-corrected chi connectivity index (χ3v) is 5.43. The molecule has 0 aromatic rings.